The maximum absolute atomic E-state index is 5.75. The second kappa shape index (κ2) is 4.70. The fraction of sp³-hybridized carbons (Fsp3) is 0.125. The lowest BCUT2D eigenvalue weighted by molar-refractivity contribution is 1.45. The van der Waals surface area contributed by atoms with E-state index in [0.29, 0.717) is 21.6 Å². The minimum absolute atomic E-state index is 0.185. The van der Waals surface area contributed by atoms with Gasteiger partial charge in [0.15, 0.2) is 0 Å². The summed E-state index contributed by atoms with van der Waals surface area (Å²) in [6.07, 6.45) is 0. The summed E-state index contributed by atoms with van der Waals surface area (Å²) in [6.45, 7) is 0. The first kappa shape index (κ1) is 10.6. The van der Waals surface area contributed by atoms with Gasteiger partial charge in [-0.1, -0.05) is 23.2 Å². The highest BCUT2D eigenvalue weighted by atomic mass is 35.5. The summed E-state index contributed by atoms with van der Waals surface area (Å²) in [5, 5.41) is 1.04. The number of hydrogen-bond acceptors (Lipinski definition) is 1. The van der Waals surface area contributed by atoms with Crippen LogP contribution in [0.15, 0.2) is 23.2 Å². The van der Waals surface area contributed by atoms with Crippen molar-refractivity contribution in [3.05, 3.63) is 28.2 Å². The lowest BCUT2D eigenvalue weighted by Gasteiger charge is -1.98. The largest absolute Gasteiger partial charge is 0.386 e. The van der Waals surface area contributed by atoms with Crippen molar-refractivity contribution in [1.29, 1.82) is 0 Å². The molecule has 0 aliphatic carbocycles. The van der Waals surface area contributed by atoms with Crippen LogP contribution < -0.4 is 5.73 Å². The van der Waals surface area contributed by atoms with Crippen LogP contribution in [-0.4, -0.2) is 11.7 Å². The topological polar surface area (TPSA) is 38.4 Å². The molecule has 13 heavy (non-hydrogen) atoms. The zero-order chi connectivity index (χ0) is 9.84. The summed E-state index contributed by atoms with van der Waals surface area (Å²) in [5.74, 6) is 0.518. The molecule has 0 atom stereocenters. The Morgan fingerprint density at radius 2 is 1.77 bits per heavy atom. The van der Waals surface area contributed by atoms with Crippen molar-refractivity contribution in [2.45, 2.75) is 0 Å². The Bertz CT molecular complexity index is 316. The minimum Gasteiger partial charge on any atom is -0.386 e. The molecule has 0 unspecified atom stereocenters. The van der Waals surface area contributed by atoms with Gasteiger partial charge in [0.25, 0.3) is 0 Å². The van der Waals surface area contributed by atoms with Crippen LogP contribution in [0.25, 0.3) is 0 Å². The van der Waals surface area contributed by atoms with E-state index in [0.717, 1.165) is 0 Å². The SMILES string of the molecule is NC(CCl)=Nc1cc(Cl)cc(Cl)c1. The van der Waals surface area contributed by atoms with Crippen LogP contribution >= 0.6 is 34.8 Å². The van der Waals surface area contributed by atoms with Crippen LogP contribution in [0.3, 0.4) is 0 Å². The molecule has 0 bridgehead atoms. The van der Waals surface area contributed by atoms with E-state index in [1.54, 1.807) is 18.2 Å². The Hall–Kier alpha value is -0.440. The van der Waals surface area contributed by atoms with E-state index >= 15 is 0 Å². The minimum atomic E-state index is 0.185. The number of halogens is 3. The molecule has 0 aromatic heterocycles. The van der Waals surface area contributed by atoms with E-state index in [-0.39, 0.29) is 5.88 Å². The Kier molecular flexibility index (Phi) is 3.85. The predicted molar refractivity (Wildman–Crippen MR) is 58.5 cm³/mol. The molecule has 2 nitrogen and oxygen atoms in total. The van der Waals surface area contributed by atoms with E-state index in [9.17, 15) is 0 Å². The lowest BCUT2D eigenvalue weighted by Crippen LogP contribution is -2.12. The van der Waals surface area contributed by atoms with Gasteiger partial charge >= 0.3 is 0 Å². The zero-order valence-electron chi connectivity index (χ0n) is 6.60. The third-order valence-electron chi connectivity index (χ3n) is 1.26. The summed E-state index contributed by atoms with van der Waals surface area (Å²) in [5.41, 5.74) is 6.04. The van der Waals surface area contributed by atoms with Crippen molar-refractivity contribution in [2.75, 3.05) is 5.88 Å². The summed E-state index contributed by atoms with van der Waals surface area (Å²) in [4.78, 5) is 3.99. The first-order valence-electron chi connectivity index (χ1n) is 3.47. The molecule has 0 saturated carbocycles. The van der Waals surface area contributed by atoms with Crippen LogP contribution in [0, 0.1) is 0 Å². The average molecular weight is 238 g/mol. The predicted octanol–water partition coefficient (Wildman–Crippen LogP) is 3.22. The van der Waals surface area contributed by atoms with Gasteiger partial charge in [-0.2, -0.15) is 0 Å². The summed E-state index contributed by atoms with van der Waals surface area (Å²) < 4.78 is 0. The maximum atomic E-state index is 5.75. The van der Waals surface area contributed by atoms with Crippen LogP contribution in [0.4, 0.5) is 5.69 Å². The van der Waals surface area contributed by atoms with Crippen molar-refractivity contribution in [2.24, 2.45) is 10.7 Å². The molecule has 0 amide bonds. The highest BCUT2D eigenvalue weighted by Gasteiger charge is 1.97. The molecule has 0 heterocycles. The Labute approximate surface area is 91.3 Å². The number of benzene rings is 1. The molecule has 70 valence electrons. The van der Waals surface area contributed by atoms with E-state index in [4.69, 9.17) is 40.5 Å². The molecular formula is C8H7Cl3N2. The quantitative estimate of drug-likeness (QED) is 0.479. The Morgan fingerprint density at radius 1 is 1.23 bits per heavy atom. The van der Waals surface area contributed by atoms with E-state index in [1.165, 1.54) is 0 Å². The fourth-order valence-corrected chi connectivity index (χ4v) is 1.37. The molecule has 0 aliphatic heterocycles. The number of aliphatic imine (C=N–C) groups is 1. The number of nitrogens with two attached hydrogens (primary N) is 1. The number of amidine groups is 1. The van der Waals surface area contributed by atoms with Gasteiger partial charge in [-0.3, -0.25) is 0 Å². The number of rotatable bonds is 2. The lowest BCUT2D eigenvalue weighted by atomic mass is 10.3. The van der Waals surface area contributed by atoms with Gasteiger partial charge in [-0.15, -0.1) is 11.6 Å². The Balaban J connectivity index is 3.02. The first-order chi connectivity index (χ1) is 6.11. The number of hydrogen-bond donors (Lipinski definition) is 1. The zero-order valence-corrected chi connectivity index (χ0v) is 8.87. The van der Waals surface area contributed by atoms with Crippen molar-refractivity contribution in [3.63, 3.8) is 0 Å². The van der Waals surface area contributed by atoms with Crippen LogP contribution in [0.5, 0.6) is 0 Å². The van der Waals surface area contributed by atoms with Gasteiger partial charge < -0.3 is 5.73 Å². The molecule has 0 saturated heterocycles. The van der Waals surface area contributed by atoms with Crippen molar-refractivity contribution in [1.82, 2.24) is 0 Å². The first-order valence-corrected chi connectivity index (χ1v) is 4.76. The third-order valence-corrected chi connectivity index (χ3v) is 1.97. The molecule has 1 aromatic carbocycles. The van der Waals surface area contributed by atoms with Gasteiger partial charge in [0, 0.05) is 10.0 Å². The second-order valence-corrected chi connectivity index (χ2v) is 3.50. The smallest absolute Gasteiger partial charge is 0.115 e. The van der Waals surface area contributed by atoms with E-state index in [1.807, 2.05) is 0 Å². The second-order valence-electron chi connectivity index (χ2n) is 2.36. The van der Waals surface area contributed by atoms with Gasteiger partial charge in [-0.05, 0) is 18.2 Å². The third kappa shape index (κ3) is 3.43. The van der Waals surface area contributed by atoms with Crippen molar-refractivity contribution >= 4 is 46.3 Å². The van der Waals surface area contributed by atoms with Gasteiger partial charge in [-0.25, -0.2) is 4.99 Å². The van der Waals surface area contributed by atoms with E-state index in [2.05, 4.69) is 4.99 Å². The van der Waals surface area contributed by atoms with Crippen LogP contribution in [0.2, 0.25) is 10.0 Å². The molecule has 1 rings (SSSR count). The summed E-state index contributed by atoms with van der Waals surface area (Å²) in [6, 6.07) is 4.94. The highest BCUT2D eigenvalue weighted by molar-refractivity contribution is 6.35. The van der Waals surface area contributed by atoms with Gasteiger partial charge in [0.1, 0.15) is 5.84 Å². The molecule has 0 aliphatic rings. The van der Waals surface area contributed by atoms with E-state index < -0.39 is 0 Å². The normalized spacial score (nSPS) is 11.8. The fourth-order valence-electron chi connectivity index (χ4n) is 0.800. The van der Waals surface area contributed by atoms with Crippen LogP contribution in [0.1, 0.15) is 0 Å². The van der Waals surface area contributed by atoms with Crippen molar-refractivity contribution in [3.8, 4) is 0 Å². The molecule has 0 fully saturated rings. The molecule has 0 radical (unpaired) electrons. The molecule has 2 N–H and O–H groups in total. The molecule has 1 aromatic rings. The summed E-state index contributed by atoms with van der Waals surface area (Å²) in [7, 11) is 0. The molecule has 0 spiro atoms. The van der Waals surface area contributed by atoms with Crippen molar-refractivity contribution < 1.29 is 0 Å². The Morgan fingerprint density at radius 3 is 2.23 bits per heavy atom. The standard InChI is InChI=1S/C8H7Cl3N2/c9-4-8(12)13-7-2-5(10)1-6(11)3-7/h1-3H,4H2,(H2,12,13). The monoisotopic (exact) mass is 236 g/mol. The molecule has 5 heteroatoms. The average Bonchev–Trinajstić information content (AvgIpc) is 2.02. The maximum Gasteiger partial charge on any atom is 0.115 e. The highest BCUT2D eigenvalue weighted by Crippen LogP contribution is 2.24. The van der Waals surface area contributed by atoms with Gasteiger partial charge in [0.05, 0.1) is 11.6 Å². The van der Waals surface area contributed by atoms with Gasteiger partial charge in [0.2, 0.25) is 0 Å². The number of nitrogens with zero attached hydrogens (tertiary/aromatic N) is 1. The number of alkyl halides is 1. The summed E-state index contributed by atoms with van der Waals surface area (Å²) >= 11 is 17.0. The molecular weight excluding hydrogens is 230 g/mol. The van der Waals surface area contributed by atoms with Crippen LogP contribution in [-0.2, 0) is 0 Å².